The summed E-state index contributed by atoms with van der Waals surface area (Å²) < 4.78 is 0. The number of hydrogen-bond donors (Lipinski definition) is 1. The van der Waals surface area contributed by atoms with E-state index in [1.807, 2.05) is 0 Å². The van der Waals surface area contributed by atoms with E-state index in [4.69, 9.17) is 0 Å². The average molecular weight is 368 g/mol. The van der Waals surface area contributed by atoms with Crippen LogP contribution in [0.15, 0.2) is 24.3 Å². The first-order chi connectivity index (χ1) is 13.4. The van der Waals surface area contributed by atoms with Gasteiger partial charge < -0.3 is 4.98 Å². The molecule has 0 saturated carbocycles. The number of nitrogens with one attached hydrogen (secondary N) is 1. The fourth-order valence-electron chi connectivity index (χ4n) is 4.98. The lowest BCUT2D eigenvalue weighted by Gasteiger charge is -2.22. The van der Waals surface area contributed by atoms with E-state index < -0.39 is 0 Å². The van der Waals surface area contributed by atoms with Crippen molar-refractivity contribution in [2.75, 3.05) is 0 Å². The first-order valence-corrected chi connectivity index (χ1v) is 12.0. The number of hydrogen-bond acceptors (Lipinski definition) is 0. The lowest BCUT2D eigenvalue weighted by molar-refractivity contribution is 0.401. The quantitative estimate of drug-likeness (QED) is 0.342. The summed E-state index contributed by atoms with van der Waals surface area (Å²) in [6, 6.07) is 8.84. The highest BCUT2D eigenvalue weighted by Crippen LogP contribution is 2.33. The third kappa shape index (κ3) is 6.40. The van der Waals surface area contributed by atoms with Gasteiger partial charge in [0.15, 0.2) is 0 Å². The monoisotopic (exact) mass is 367 g/mol. The summed E-state index contributed by atoms with van der Waals surface area (Å²) >= 11 is 0. The van der Waals surface area contributed by atoms with Crippen molar-refractivity contribution in [2.45, 2.75) is 110 Å². The van der Waals surface area contributed by atoms with Crippen LogP contribution in [0.2, 0.25) is 0 Å². The molecular formula is C26H41N. The maximum Gasteiger partial charge on any atom is 0.0458 e. The van der Waals surface area contributed by atoms with Gasteiger partial charge in [-0.05, 0) is 36.8 Å². The van der Waals surface area contributed by atoms with Crippen molar-refractivity contribution in [1.82, 2.24) is 4.98 Å². The van der Waals surface area contributed by atoms with Gasteiger partial charge in [0.25, 0.3) is 0 Å². The molecule has 2 aromatic rings. The summed E-state index contributed by atoms with van der Waals surface area (Å²) in [6.07, 6.45) is 22.8. The SMILES string of the molecule is CCCCCCCCCCCCCCC1CCc2c([nH]c3ccccc23)C1. The number of fused-ring (bicyclic) bond motifs is 3. The third-order valence-electron chi connectivity index (χ3n) is 6.66. The van der Waals surface area contributed by atoms with Crippen LogP contribution >= 0.6 is 0 Å². The van der Waals surface area contributed by atoms with Gasteiger partial charge in [0, 0.05) is 16.6 Å². The summed E-state index contributed by atoms with van der Waals surface area (Å²) in [5, 5.41) is 1.47. The zero-order valence-corrected chi connectivity index (χ0v) is 17.7. The van der Waals surface area contributed by atoms with E-state index in [-0.39, 0.29) is 0 Å². The number of para-hydroxylation sites is 1. The molecule has 1 nitrogen and oxygen atoms in total. The van der Waals surface area contributed by atoms with E-state index >= 15 is 0 Å². The Morgan fingerprint density at radius 1 is 0.815 bits per heavy atom. The van der Waals surface area contributed by atoms with Crippen molar-refractivity contribution in [3.05, 3.63) is 35.5 Å². The molecule has 1 heterocycles. The predicted molar refractivity (Wildman–Crippen MR) is 120 cm³/mol. The molecule has 1 N–H and O–H groups in total. The van der Waals surface area contributed by atoms with Crippen molar-refractivity contribution in [1.29, 1.82) is 0 Å². The fraction of sp³-hybridized carbons (Fsp3) is 0.692. The molecule has 1 aliphatic carbocycles. The maximum atomic E-state index is 3.69. The third-order valence-corrected chi connectivity index (χ3v) is 6.66. The van der Waals surface area contributed by atoms with Crippen molar-refractivity contribution >= 4 is 10.9 Å². The van der Waals surface area contributed by atoms with E-state index in [1.165, 1.54) is 119 Å². The van der Waals surface area contributed by atoms with Gasteiger partial charge in [-0.3, -0.25) is 0 Å². The van der Waals surface area contributed by atoms with Crippen LogP contribution in [-0.4, -0.2) is 4.98 Å². The molecule has 0 aliphatic heterocycles. The van der Waals surface area contributed by atoms with Gasteiger partial charge in [-0.1, -0.05) is 109 Å². The van der Waals surface area contributed by atoms with Crippen LogP contribution in [0, 0.1) is 5.92 Å². The Kier molecular flexibility index (Phi) is 8.78. The topological polar surface area (TPSA) is 15.8 Å². The highest BCUT2D eigenvalue weighted by molar-refractivity contribution is 5.84. The van der Waals surface area contributed by atoms with Crippen molar-refractivity contribution in [2.24, 2.45) is 5.92 Å². The number of rotatable bonds is 13. The van der Waals surface area contributed by atoms with Gasteiger partial charge in [0.05, 0.1) is 0 Å². The Labute approximate surface area is 167 Å². The minimum absolute atomic E-state index is 0.911. The summed E-state index contributed by atoms with van der Waals surface area (Å²) in [6.45, 7) is 2.30. The molecule has 1 aromatic carbocycles. The number of aromatic amines is 1. The second-order valence-corrected chi connectivity index (χ2v) is 8.91. The largest absolute Gasteiger partial charge is 0.358 e. The summed E-state index contributed by atoms with van der Waals surface area (Å²) in [5.74, 6) is 0.911. The predicted octanol–water partition coefficient (Wildman–Crippen LogP) is 8.36. The number of aryl methyl sites for hydroxylation is 1. The first-order valence-electron chi connectivity index (χ1n) is 12.0. The molecule has 1 aliphatic rings. The second kappa shape index (κ2) is 11.6. The van der Waals surface area contributed by atoms with Gasteiger partial charge in [-0.25, -0.2) is 0 Å². The van der Waals surface area contributed by atoms with Crippen LogP contribution in [0.4, 0.5) is 0 Å². The summed E-state index contributed by atoms with van der Waals surface area (Å²) in [5.41, 5.74) is 4.48. The van der Waals surface area contributed by atoms with Crippen LogP contribution in [0.1, 0.15) is 108 Å². The molecule has 0 fully saturated rings. The van der Waals surface area contributed by atoms with Crippen molar-refractivity contribution < 1.29 is 0 Å². The molecule has 1 atom stereocenters. The van der Waals surface area contributed by atoms with Crippen LogP contribution < -0.4 is 0 Å². The zero-order chi connectivity index (χ0) is 18.7. The summed E-state index contributed by atoms with van der Waals surface area (Å²) in [4.78, 5) is 3.69. The molecule has 0 spiro atoms. The first kappa shape index (κ1) is 20.5. The van der Waals surface area contributed by atoms with Crippen molar-refractivity contribution in [3.63, 3.8) is 0 Å². The molecule has 0 saturated heterocycles. The fourth-order valence-corrected chi connectivity index (χ4v) is 4.98. The van der Waals surface area contributed by atoms with Crippen LogP contribution in [-0.2, 0) is 12.8 Å². The van der Waals surface area contributed by atoms with Gasteiger partial charge in [-0.15, -0.1) is 0 Å². The Hall–Kier alpha value is -1.24. The van der Waals surface area contributed by atoms with E-state index in [0.717, 1.165) is 5.92 Å². The lowest BCUT2D eigenvalue weighted by atomic mass is 9.84. The number of H-pyrrole nitrogens is 1. The maximum absolute atomic E-state index is 3.69. The van der Waals surface area contributed by atoms with Gasteiger partial charge in [0.2, 0.25) is 0 Å². The molecule has 3 rings (SSSR count). The highest BCUT2D eigenvalue weighted by atomic mass is 14.7. The number of benzene rings is 1. The molecule has 1 unspecified atom stereocenters. The average Bonchev–Trinajstić information content (AvgIpc) is 3.06. The summed E-state index contributed by atoms with van der Waals surface area (Å²) in [7, 11) is 0. The Bertz CT molecular complexity index is 653. The molecule has 0 amide bonds. The Balaban J connectivity index is 1.22. The minimum atomic E-state index is 0.911. The molecule has 1 heteroatoms. The van der Waals surface area contributed by atoms with E-state index in [2.05, 4.69) is 36.2 Å². The van der Waals surface area contributed by atoms with Crippen LogP contribution in [0.5, 0.6) is 0 Å². The molecular weight excluding hydrogens is 326 g/mol. The van der Waals surface area contributed by atoms with E-state index in [9.17, 15) is 0 Å². The molecule has 150 valence electrons. The standard InChI is InChI=1S/C26H41N/c1-2-3-4-5-6-7-8-9-10-11-12-13-16-22-19-20-24-23-17-14-15-18-25(23)27-26(24)21-22/h14-15,17-18,22,27H,2-13,16,19-21H2,1H3. The normalized spacial score (nSPS) is 16.7. The van der Waals surface area contributed by atoms with Crippen molar-refractivity contribution in [3.8, 4) is 0 Å². The Morgan fingerprint density at radius 2 is 1.44 bits per heavy atom. The molecule has 0 bridgehead atoms. The van der Waals surface area contributed by atoms with Crippen LogP contribution in [0.3, 0.4) is 0 Å². The van der Waals surface area contributed by atoms with Gasteiger partial charge in [-0.2, -0.15) is 0 Å². The highest BCUT2D eigenvalue weighted by Gasteiger charge is 2.21. The van der Waals surface area contributed by atoms with Gasteiger partial charge >= 0.3 is 0 Å². The van der Waals surface area contributed by atoms with Gasteiger partial charge in [0.1, 0.15) is 0 Å². The minimum Gasteiger partial charge on any atom is -0.358 e. The number of unbranched alkanes of at least 4 members (excludes halogenated alkanes) is 11. The van der Waals surface area contributed by atoms with E-state index in [1.54, 1.807) is 5.56 Å². The van der Waals surface area contributed by atoms with Crippen LogP contribution in [0.25, 0.3) is 10.9 Å². The zero-order valence-electron chi connectivity index (χ0n) is 17.7. The molecule has 0 radical (unpaired) electrons. The Morgan fingerprint density at radius 3 is 2.15 bits per heavy atom. The lowest BCUT2D eigenvalue weighted by Crippen LogP contribution is -2.13. The second-order valence-electron chi connectivity index (χ2n) is 8.91. The molecule has 1 aromatic heterocycles. The molecule has 27 heavy (non-hydrogen) atoms. The smallest absolute Gasteiger partial charge is 0.0458 e. The van der Waals surface area contributed by atoms with E-state index in [0.29, 0.717) is 0 Å². The number of aromatic nitrogens is 1.